The van der Waals surface area contributed by atoms with Crippen LogP contribution in [0.15, 0.2) is 48.7 Å². The number of hydrogen-bond acceptors (Lipinski definition) is 1. The Bertz CT molecular complexity index is 795. The minimum Gasteiger partial charge on any atom is -0.297 e. The van der Waals surface area contributed by atoms with Gasteiger partial charge in [0.15, 0.2) is 0 Å². The van der Waals surface area contributed by atoms with Crippen molar-refractivity contribution in [2.24, 2.45) is 0 Å². The average Bonchev–Trinajstić information content (AvgIpc) is 2.82. The second kappa shape index (κ2) is 5.51. The molecule has 0 N–H and O–H groups in total. The molecule has 1 aromatic heterocycles. The maximum atomic E-state index is 13.1. The molecular formula is C16H11Cl2FN2. The van der Waals surface area contributed by atoms with Crippen LogP contribution in [0.3, 0.4) is 0 Å². The summed E-state index contributed by atoms with van der Waals surface area (Å²) in [4.78, 5) is 4.42. The average molecular weight is 321 g/mol. The van der Waals surface area contributed by atoms with Crippen LogP contribution < -0.4 is 0 Å². The summed E-state index contributed by atoms with van der Waals surface area (Å²) in [6.07, 6.45) is 1.75. The molecule has 0 radical (unpaired) electrons. The molecule has 2 aromatic carbocycles. The summed E-state index contributed by atoms with van der Waals surface area (Å²) in [5.41, 5.74) is 2.54. The van der Waals surface area contributed by atoms with Crippen molar-refractivity contribution in [3.8, 4) is 17.1 Å². The van der Waals surface area contributed by atoms with Crippen molar-refractivity contribution < 1.29 is 4.39 Å². The molecule has 0 atom stereocenters. The van der Waals surface area contributed by atoms with Crippen LogP contribution in [0.4, 0.5) is 4.39 Å². The molecule has 0 fully saturated rings. The van der Waals surface area contributed by atoms with Crippen LogP contribution in [0.1, 0.15) is 5.69 Å². The Balaban J connectivity index is 2.19. The molecule has 1 heterocycles. The first-order valence-electron chi connectivity index (χ1n) is 6.32. The van der Waals surface area contributed by atoms with Gasteiger partial charge in [-0.25, -0.2) is 9.37 Å². The lowest BCUT2D eigenvalue weighted by atomic mass is 10.2. The van der Waals surface area contributed by atoms with Crippen molar-refractivity contribution >= 4 is 23.2 Å². The van der Waals surface area contributed by atoms with Crippen LogP contribution in [0.2, 0.25) is 10.0 Å². The molecule has 21 heavy (non-hydrogen) atoms. The Morgan fingerprint density at radius 3 is 2.43 bits per heavy atom. The van der Waals surface area contributed by atoms with Gasteiger partial charge in [0.2, 0.25) is 0 Å². The zero-order valence-corrected chi connectivity index (χ0v) is 12.7. The predicted octanol–water partition coefficient (Wildman–Crippen LogP) is 5.29. The van der Waals surface area contributed by atoms with Crippen LogP contribution in [-0.4, -0.2) is 9.55 Å². The lowest BCUT2D eigenvalue weighted by Gasteiger charge is -2.11. The molecule has 0 spiro atoms. The van der Waals surface area contributed by atoms with Crippen molar-refractivity contribution in [1.29, 1.82) is 0 Å². The molecule has 0 aliphatic heterocycles. The van der Waals surface area contributed by atoms with Gasteiger partial charge >= 0.3 is 0 Å². The molecule has 0 saturated heterocycles. The fourth-order valence-electron chi connectivity index (χ4n) is 2.21. The van der Waals surface area contributed by atoms with Gasteiger partial charge in [0.25, 0.3) is 0 Å². The molecule has 3 aromatic rings. The van der Waals surface area contributed by atoms with Crippen molar-refractivity contribution in [3.63, 3.8) is 0 Å². The highest BCUT2D eigenvalue weighted by molar-refractivity contribution is 6.36. The van der Waals surface area contributed by atoms with Gasteiger partial charge in [-0.1, -0.05) is 23.2 Å². The third-order valence-corrected chi connectivity index (χ3v) is 3.74. The van der Waals surface area contributed by atoms with E-state index in [9.17, 15) is 4.39 Å². The van der Waals surface area contributed by atoms with E-state index < -0.39 is 0 Å². The van der Waals surface area contributed by atoms with Crippen LogP contribution in [-0.2, 0) is 0 Å². The molecular weight excluding hydrogens is 310 g/mol. The lowest BCUT2D eigenvalue weighted by Crippen LogP contribution is -2.00. The Morgan fingerprint density at radius 1 is 1.05 bits per heavy atom. The fourth-order valence-corrected chi connectivity index (χ4v) is 2.71. The Hall–Kier alpha value is -1.84. The summed E-state index contributed by atoms with van der Waals surface area (Å²) < 4.78 is 15.0. The maximum Gasteiger partial charge on any atom is 0.146 e. The maximum absolute atomic E-state index is 13.1. The third-order valence-electron chi connectivity index (χ3n) is 3.20. The Kier molecular flexibility index (Phi) is 3.70. The van der Waals surface area contributed by atoms with Crippen molar-refractivity contribution in [2.45, 2.75) is 6.92 Å². The highest BCUT2D eigenvalue weighted by atomic mass is 35.5. The standard InChI is InChI=1S/C16H11Cl2FN2/c1-10-9-20-16(14-7-2-11(17)8-15(14)18)21(10)13-5-3-12(19)4-6-13/h2-9H,1H3. The van der Waals surface area contributed by atoms with E-state index in [4.69, 9.17) is 23.2 Å². The Labute approximate surface area is 131 Å². The fraction of sp³-hybridized carbons (Fsp3) is 0.0625. The number of benzene rings is 2. The summed E-state index contributed by atoms with van der Waals surface area (Å²) in [7, 11) is 0. The molecule has 2 nitrogen and oxygen atoms in total. The van der Waals surface area contributed by atoms with E-state index in [1.54, 1.807) is 30.5 Å². The van der Waals surface area contributed by atoms with Crippen molar-refractivity contribution in [3.05, 3.63) is 70.2 Å². The minimum atomic E-state index is -0.275. The van der Waals surface area contributed by atoms with Gasteiger partial charge in [0.05, 0.1) is 5.02 Å². The van der Waals surface area contributed by atoms with E-state index in [0.29, 0.717) is 15.9 Å². The molecule has 3 rings (SSSR count). The first-order valence-corrected chi connectivity index (χ1v) is 7.07. The smallest absolute Gasteiger partial charge is 0.146 e. The Morgan fingerprint density at radius 2 is 1.76 bits per heavy atom. The van der Waals surface area contributed by atoms with E-state index >= 15 is 0 Å². The quantitative estimate of drug-likeness (QED) is 0.627. The number of rotatable bonds is 2. The van der Waals surface area contributed by atoms with Gasteiger partial charge in [-0.15, -0.1) is 0 Å². The number of hydrogen-bond donors (Lipinski definition) is 0. The zero-order chi connectivity index (χ0) is 15.0. The molecule has 0 unspecified atom stereocenters. The number of nitrogens with zero attached hydrogens (tertiary/aromatic N) is 2. The number of aromatic nitrogens is 2. The predicted molar refractivity (Wildman–Crippen MR) is 83.7 cm³/mol. The van der Waals surface area contributed by atoms with Crippen molar-refractivity contribution in [1.82, 2.24) is 9.55 Å². The number of aryl methyl sites for hydroxylation is 1. The summed E-state index contributed by atoms with van der Waals surface area (Å²) in [5, 5.41) is 1.09. The van der Waals surface area contributed by atoms with E-state index in [1.807, 2.05) is 17.6 Å². The van der Waals surface area contributed by atoms with E-state index in [-0.39, 0.29) is 5.82 Å². The van der Waals surface area contributed by atoms with Crippen LogP contribution in [0, 0.1) is 12.7 Å². The summed E-state index contributed by atoms with van der Waals surface area (Å²) in [5.74, 6) is 0.420. The van der Waals surface area contributed by atoms with Gasteiger partial charge in [0, 0.05) is 28.2 Å². The molecule has 0 aliphatic carbocycles. The topological polar surface area (TPSA) is 17.8 Å². The number of halogens is 3. The first-order chi connectivity index (χ1) is 10.1. The van der Waals surface area contributed by atoms with Gasteiger partial charge in [-0.2, -0.15) is 0 Å². The lowest BCUT2D eigenvalue weighted by molar-refractivity contribution is 0.627. The largest absolute Gasteiger partial charge is 0.297 e. The third kappa shape index (κ3) is 2.67. The van der Waals surface area contributed by atoms with E-state index in [0.717, 1.165) is 16.9 Å². The molecule has 106 valence electrons. The molecule has 0 amide bonds. The second-order valence-corrected chi connectivity index (χ2v) is 5.50. The normalized spacial score (nSPS) is 10.9. The second-order valence-electron chi connectivity index (χ2n) is 4.66. The highest BCUT2D eigenvalue weighted by Crippen LogP contribution is 2.31. The SMILES string of the molecule is Cc1cnc(-c2ccc(Cl)cc2Cl)n1-c1ccc(F)cc1. The summed E-state index contributed by atoms with van der Waals surface area (Å²) >= 11 is 12.2. The number of imidazole rings is 1. The zero-order valence-electron chi connectivity index (χ0n) is 11.1. The van der Waals surface area contributed by atoms with Crippen LogP contribution in [0.5, 0.6) is 0 Å². The minimum absolute atomic E-state index is 0.275. The van der Waals surface area contributed by atoms with Gasteiger partial charge < -0.3 is 0 Å². The first kappa shape index (κ1) is 14.1. The van der Waals surface area contributed by atoms with Gasteiger partial charge in [0.1, 0.15) is 11.6 Å². The molecule has 0 aliphatic rings. The molecule has 0 bridgehead atoms. The van der Waals surface area contributed by atoms with Crippen LogP contribution >= 0.6 is 23.2 Å². The van der Waals surface area contributed by atoms with Crippen LogP contribution in [0.25, 0.3) is 17.1 Å². The molecule has 0 saturated carbocycles. The summed E-state index contributed by atoms with van der Waals surface area (Å²) in [6.45, 7) is 1.93. The monoisotopic (exact) mass is 320 g/mol. The highest BCUT2D eigenvalue weighted by Gasteiger charge is 2.14. The van der Waals surface area contributed by atoms with Gasteiger partial charge in [-0.05, 0) is 49.4 Å². The van der Waals surface area contributed by atoms with E-state index in [1.165, 1.54) is 12.1 Å². The molecule has 5 heteroatoms. The van der Waals surface area contributed by atoms with E-state index in [2.05, 4.69) is 4.98 Å². The summed E-state index contributed by atoms with van der Waals surface area (Å²) in [6, 6.07) is 11.5. The van der Waals surface area contributed by atoms with Gasteiger partial charge in [-0.3, -0.25) is 4.57 Å². The van der Waals surface area contributed by atoms with Crippen molar-refractivity contribution in [2.75, 3.05) is 0 Å².